The Balaban J connectivity index is 1.72. The van der Waals surface area contributed by atoms with Crippen molar-refractivity contribution in [3.05, 3.63) is 58.1 Å². The molecule has 1 heterocycles. The maximum atomic E-state index is 3.59. The van der Waals surface area contributed by atoms with Crippen molar-refractivity contribution in [2.24, 2.45) is 0 Å². The summed E-state index contributed by atoms with van der Waals surface area (Å²) in [5.41, 5.74) is 4.01. The molecular formula is C16H16BrNS. The smallest absolute Gasteiger partial charge is 0.0381 e. The molecule has 1 aliphatic rings. The lowest BCUT2D eigenvalue weighted by atomic mass is 10.0. The van der Waals surface area contributed by atoms with Gasteiger partial charge in [0.05, 0.1) is 0 Å². The van der Waals surface area contributed by atoms with Crippen molar-refractivity contribution in [1.82, 2.24) is 0 Å². The van der Waals surface area contributed by atoms with Crippen LogP contribution in [0.2, 0.25) is 0 Å². The molecule has 1 aliphatic heterocycles. The summed E-state index contributed by atoms with van der Waals surface area (Å²) in [6.07, 6.45) is 0. The lowest BCUT2D eigenvalue weighted by Crippen LogP contribution is -2.12. The van der Waals surface area contributed by atoms with Gasteiger partial charge in [-0.25, -0.2) is 0 Å². The topological polar surface area (TPSA) is 12.0 Å². The van der Waals surface area contributed by atoms with E-state index in [4.69, 9.17) is 0 Å². The second-order valence-corrected chi connectivity index (χ2v) is 6.86. The summed E-state index contributed by atoms with van der Waals surface area (Å²) in [4.78, 5) is 1.44. The van der Waals surface area contributed by atoms with Gasteiger partial charge in [0.1, 0.15) is 0 Å². The van der Waals surface area contributed by atoms with Crippen molar-refractivity contribution in [1.29, 1.82) is 0 Å². The Morgan fingerprint density at radius 2 is 2.11 bits per heavy atom. The lowest BCUT2D eigenvalue weighted by Gasteiger charge is -2.15. The van der Waals surface area contributed by atoms with Crippen molar-refractivity contribution in [3.8, 4) is 0 Å². The predicted molar refractivity (Wildman–Crippen MR) is 87.3 cm³/mol. The fourth-order valence-corrected chi connectivity index (χ4v) is 4.03. The summed E-state index contributed by atoms with van der Waals surface area (Å²) >= 11 is 5.50. The molecule has 0 radical (unpaired) electrons. The number of benzene rings is 2. The van der Waals surface area contributed by atoms with Crippen LogP contribution in [-0.4, -0.2) is 12.3 Å². The number of nitrogens with one attached hydrogen (secondary N) is 1. The molecule has 3 rings (SSSR count). The summed E-state index contributed by atoms with van der Waals surface area (Å²) in [7, 11) is 0. The summed E-state index contributed by atoms with van der Waals surface area (Å²) in [6.45, 7) is 3.15. The lowest BCUT2D eigenvalue weighted by molar-refractivity contribution is 0.818. The van der Waals surface area contributed by atoms with Gasteiger partial charge in [0, 0.05) is 33.3 Å². The van der Waals surface area contributed by atoms with Crippen molar-refractivity contribution in [2.75, 3.05) is 17.6 Å². The maximum Gasteiger partial charge on any atom is 0.0381 e. The highest BCUT2D eigenvalue weighted by Gasteiger charge is 2.22. The van der Waals surface area contributed by atoms with Gasteiger partial charge in [0.25, 0.3) is 0 Å². The van der Waals surface area contributed by atoms with Gasteiger partial charge in [-0.3, -0.25) is 0 Å². The zero-order valence-electron chi connectivity index (χ0n) is 10.8. The minimum atomic E-state index is 0.611. The summed E-state index contributed by atoms with van der Waals surface area (Å²) in [6, 6.07) is 15.1. The second kappa shape index (κ2) is 5.59. The zero-order valence-corrected chi connectivity index (χ0v) is 13.2. The van der Waals surface area contributed by atoms with E-state index in [2.05, 4.69) is 70.6 Å². The molecule has 0 saturated heterocycles. The second-order valence-electron chi connectivity index (χ2n) is 4.89. The third-order valence-electron chi connectivity index (χ3n) is 3.54. The van der Waals surface area contributed by atoms with E-state index in [0.717, 1.165) is 11.0 Å². The van der Waals surface area contributed by atoms with Crippen LogP contribution in [0.5, 0.6) is 0 Å². The quantitative estimate of drug-likeness (QED) is 0.842. The van der Waals surface area contributed by atoms with E-state index in [0.29, 0.717) is 5.92 Å². The van der Waals surface area contributed by atoms with Gasteiger partial charge in [-0.05, 0) is 36.2 Å². The molecule has 0 fully saturated rings. The van der Waals surface area contributed by atoms with Crippen LogP contribution >= 0.6 is 27.7 Å². The van der Waals surface area contributed by atoms with Gasteiger partial charge in [0.2, 0.25) is 0 Å². The number of aryl methyl sites for hydroxylation is 1. The molecular weight excluding hydrogens is 318 g/mol. The molecule has 98 valence electrons. The standard InChI is InChI=1S/C16H16BrNS/c1-11-6-7-13(17)8-15(11)18-9-12-10-19-16-5-3-2-4-14(12)16/h2-8,12,18H,9-10H2,1H3. The van der Waals surface area contributed by atoms with Crippen LogP contribution in [0, 0.1) is 6.92 Å². The van der Waals surface area contributed by atoms with E-state index >= 15 is 0 Å². The molecule has 0 saturated carbocycles. The van der Waals surface area contributed by atoms with E-state index < -0.39 is 0 Å². The summed E-state index contributed by atoms with van der Waals surface area (Å²) < 4.78 is 1.13. The van der Waals surface area contributed by atoms with Crippen molar-refractivity contribution in [3.63, 3.8) is 0 Å². The fourth-order valence-electron chi connectivity index (χ4n) is 2.42. The monoisotopic (exact) mass is 333 g/mol. The minimum absolute atomic E-state index is 0.611. The van der Waals surface area contributed by atoms with Gasteiger partial charge in [-0.15, -0.1) is 11.8 Å². The van der Waals surface area contributed by atoms with E-state index in [1.54, 1.807) is 0 Å². The number of thioether (sulfide) groups is 1. The first-order chi connectivity index (χ1) is 9.24. The number of hydrogen-bond acceptors (Lipinski definition) is 2. The van der Waals surface area contributed by atoms with Crippen molar-refractivity contribution < 1.29 is 0 Å². The van der Waals surface area contributed by atoms with Gasteiger partial charge in [-0.1, -0.05) is 40.2 Å². The summed E-state index contributed by atoms with van der Waals surface area (Å²) in [5, 5.41) is 3.59. The number of hydrogen-bond donors (Lipinski definition) is 1. The zero-order chi connectivity index (χ0) is 13.2. The molecule has 0 amide bonds. The van der Waals surface area contributed by atoms with Crippen LogP contribution in [0.25, 0.3) is 0 Å². The SMILES string of the molecule is Cc1ccc(Br)cc1NCC1CSc2ccccc21. The Kier molecular flexibility index (Phi) is 3.85. The number of fused-ring (bicyclic) bond motifs is 1. The minimum Gasteiger partial charge on any atom is -0.384 e. The first-order valence-corrected chi connectivity index (χ1v) is 8.23. The van der Waals surface area contributed by atoms with E-state index in [-0.39, 0.29) is 0 Å². The highest BCUT2D eigenvalue weighted by Crippen LogP contribution is 2.39. The third-order valence-corrected chi connectivity index (χ3v) is 5.28. The Bertz CT molecular complexity index is 597. The molecule has 1 nitrogen and oxygen atoms in total. The van der Waals surface area contributed by atoms with Crippen LogP contribution < -0.4 is 5.32 Å². The average Bonchev–Trinajstić information content (AvgIpc) is 2.83. The number of halogens is 1. The Morgan fingerprint density at radius 1 is 1.26 bits per heavy atom. The molecule has 0 bridgehead atoms. The normalized spacial score (nSPS) is 17.3. The Labute approximate surface area is 126 Å². The average molecular weight is 334 g/mol. The number of anilines is 1. The van der Waals surface area contributed by atoms with Gasteiger partial charge in [-0.2, -0.15) is 0 Å². The molecule has 0 aromatic heterocycles. The number of rotatable bonds is 3. The Morgan fingerprint density at radius 3 is 3.00 bits per heavy atom. The summed E-state index contributed by atoms with van der Waals surface area (Å²) in [5.74, 6) is 1.79. The van der Waals surface area contributed by atoms with Crippen LogP contribution in [0.15, 0.2) is 51.8 Å². The molecule has 0 aliphatic carbocycles. The van der Waals surface area contributed by atoms with Crippen molar-refractivity contribution >= 4 is 33.4 Å². The molecule has 1 unspecified atom stereocenters. The first-order valence-electron chi connectivity index (χ1n) is 6.46. The predicted octanol–water partition coefficient (Wildman–Crippen LogP) is 5.06. The van der Waals surface area contributed by atoms with Gasteiger partial charge >= 0.3 is 0 Å². The molecule has 19 heavy (non-hydrogen) atoms. The molecule has 1 N–H and O–H groups in total. The van der Waals surface area contributed by atoms with E-state index in [9.17, 15) is 0 Å². The van der Waals surface area contributed by atoms with Gasteiger partial charge in [0.15, 0.2) is 0 Å². The highest BCUT2D eigenvalue weighted by molar-refractivity contribution is 9.10. The van der Waals surface area contributed by atoms with E-state index in [1.807, 2.05) is 11.8 Å². The molecule has 2 aromatic rings. The Hall–Kier alpha value is -0.930. The molecule has 0 spiro atoms. The fraction of sp³-hybridized carbons (Fsp3) is 0.250. The third kappa shape index (κ3) is 2.82. The maximum absolute atomic E-state index is 3.59. The van der Waals surface area contributed by atoms with Crippen LogP contribution in [0.3, 0.4) is 0 Å². The van der Waals surface area contributed by atoms with Crippen LogP contribution in [0.4, 0.5) is 5.69 Å². The van der Waals surface area contributed by atoms with Crippen LogP contribution in [-0.2, 0) is 0 Å². The molecule has 1 atom stereocenters. The highest BCUT2D eigenvalue weighted by atomic mass is 79.9. The van der Waals surface area contributed by atoms with Gasteiger partial charge < -0.3 is 5.32 Å². The first kappa shape index (κ1) is 13.1. The van der Waals surface area contributed by atoms with Crippen molar-refractivity contribution in [2.45, 2.75) is 17.7 Å². The van der Waals surface area contributed by atoms with Crippen LogP contribution in [0.1, 0.15) is 17.0 Å². The molecule has 2 aromatic carbocycles. The molecule has 3 heteroatoms. The van der Waals surface area contributed by atoms with E-state index in [1.165, 1.54) is 27.5 Å². The largest absolute Gasteiger partial charge is 0.384 e.